The van der Waals surface area contributed by atoms with Crippen LogP contribution in [-0.4, -0.2) is 35.3 Å². The van der Waals surface area contributed by atoms with E-state index in [1.165, 1.54) is 11.1 Å². The Morgan fingerprint density at radius 1 is 1.19 bits per heavy atom. The molecule has 2 aliphatic rings. The fourth-order valence-corrected chi connectivity index (χ4v) is 3.32. The van der Waals surface area contributed by atoms with Gasteiger partial charge in [0.2, 0.25) is 11.8 Å². The molecule has 1 aromatic rings. The summed E-state index contributed by atoms with van der Waals surface area (Å²) in [6.45, 7) is 1.33. The fraction of sp³-hybridized carbons (Fsp3) is 0.500. The molecule has 3 N–H and O–H groups in total. The van der Waals surface area contributed by atoms with Gasteiger partial charge >= 0.3 is 0 Å². The number of nitrogens with two attached hydrogens (primary N) is 1. The normalized spacial score (nSPS) is 25.2. The van der Waals surface area contributed by atoms with Gasteiger partial charge in [0.1, 0.15) is 6.04 Å². The van der Waals surface area contributed by atoms with Crippen LogP contribution in [0.15, 0.2) is 24.3 Å². The lowest BCUT2D eigenvalue weighted by Gasteiger charge is -2.37. The van der Waals surface area contributed by atoms with E-state index in [1.807, 2.05) is 12.1 Å². The quantitative estimate of drug-likeness (QED) is 0.835. The molecule has 1 saturated heterocycles. The maximum absolute atomic E-state index is 12.7. The van der Waals surface area contributed by atoms with Crippen LogP contribution in [0.2, 0.25) is 0 Å². The van der Waals surface area contributed by atoms with Crippen LogP contribution in [-0.2, 0) is 22.6 Å². The number of hydrogen-bond acceptors (Lipinski definition) is 3. The molecule has 0 bridgehead atoms. The van der Waals surface area contributed by atoms with Crippen molar-refractivity contribution in [2.75, 3.05) is 6.54 Å². The highest BCUT2D eigenvalue weighted by atomic mass is 16.2. The minimum Gasteiger partial charge on any atom is -0.368 e. The van der Waals surface area contributed by atoms with Crippen LogP contribution >= 0.6 is 0 Å². The van der Waals surface area contributed by atoms with Crippen molar-refractivity contribution in [3.05, 3.63) is 35.4 Å². The Labute approximate surface area is 124 Å². The van der Waals surface area contributed by atoms with Crippen LogP contribution in [0.1, 0.15) is 30.4 Å². The Hall–Kier alpha value is -1.88. The third-order valence-electron chi connectivity index (χ3n) is 4.49. The van der Waals surface area contributed by atoms with Crippen LogP contribution in [0.25, 0.3) is 0 Å². The number of likely N-dealkylation sites (tertiary alicyclic amines) is 1. The van der Waals surface area contributed by atoms with Gasteiger partial charge in [-0.1, -0.05) is 24.3 Å². The second-order valence-electron chi connectivity index (χ2n) is 5.85. The molecule has 2 heterocycles. The number of nitrogens with zero attached hydrogens (tertiary/aromatic N) is 1. The molecule has 2 amide bonds. The van der Waals surface area contributed by atoms with Crippen molar-refractivity contribution < 1.29 is 9.59 Å². The summed E-state index contributed by atoms with van der Waals surface area (Å²) in [6.07, 6.45) is 3.26. The molecule has 1 aromatic carbocycles. The number of amides is 2. The van der Waals surface area contributed by atoms with Gasteiger partial charge in [-0.3, -0.25) is 9.59 Å². The van der Waals surface area contributed by atoms with Gasteiger partial charge in [-0.05, 0) is 36.8 Å². The van der Waals surface area contributed by atoms with Gasteiger partial charge in [-0.15, -0.1) is 0 Å². The lowest BCUT2D eigenvalue weighted by Crippen LogP contribution is -2.57. The number of carbonyl (C=O) groups is 2. The van der Waals surface area contributed by atoms with Crippen LogP contribution in [0.3, 0.4) is 0 Å². The maximum Gasteiger partial charge on any atom is 0.240 e. The summed E-state index contributed by atoms with van der Waals surface area (Å²) in [4.78, 5) is 26.0. The van der Waals surface area contributed by atoms with Crippen LogP contribution in [0.5, 0.6) is 0 Å². The highest BCUT2D eigenvalue weighted by Gasteiger charge is 2.35. The third-order valence-corrected chi connectivity index (χ3v) is 4.49. The second-order valence-corrected chi connectivity index (χ2v) is 5.85. The SMILES string of the molecule is NC(=O)C1CCCCN1C(=O)[C@H]1Cc2ccccc2CN1. The van der Waals surface area contributed by atoms with E-state index in [-0.39, 0.29) is 17.9 Å². The van der Waals surface area contributed by atoms with Crippen molar-refractivity contribution in [2.24, 2.45) is 5.73 Å². The first-order valence-electron chi connectivity index (χ1n) is 7.57. The number of fused-ring (bicyclic) bond motifs is 1. The monoisotopic (exact) mass is 287 g/mol. The Morgan fingerprint density at radius 2 is 1.95 bits per heavy atom. The van der Waals surface area contributed by atoms with Crippen LogP contribution in [0, 0.1) is 0 Å². The Bertz CT molecular complexity index is 558. The first-order chi connectivity index (χ1) is 10.2. The zero-order chi connectivity index (χ0) is 14.8. The van der Waals surface area contributed by atoms with Gasteiger partial charge in [0.15, 0.2) is 0 Å². The number of benzene rings is 1. The summed E-state index contributed by atoms with van der Waals surface area (Å²) >= 11 is 0. The molecule has 1 unspecified atom stereocenters. The Kier molecular flexibility index (Phi) is 3.92. The zero-order valence-corrected chi connectivity index (χ0v) is 12.0. The highest BCUT2D eigenvalue weighted by Crippen LogP contribution is 2.21. The minimum atomic E-state index is -0.440. The largest absolute Gasteiger partial charge is 0.368 e. The smallest absolute Gasteiger partial charge is 0.240 e. The molecule has 112 valence electrons. The first-order valence-corrected chi connectivity index (χ1v) is 7.57. The predicted molar refractivity (Wildman–Crippen MR) is 79.3 cm³/mol. The molecule has 21 heavy (non-hydrogen) atoms. The zero-order valence-electron chi connectivity index (χ0n) is 12.0. The van der Waals surface area contributed by atoms with E-state index in [4.69, 9.17) is 5.73 Å². The predicted octanol–water partition coefficient (Wildman–Crippen LogP) is 0.567. The van der Waals surface area contributed by atoms with Gasteiger partial charge in [-0.25, -0.2) is 0 Å². The van der Waals surface area contributed by atoms with Gasteiger partial charge in [-0.2, -0.15) is 0 Å². The Balaban J connectivity index is 1.75. The molecule has 0 saturated carbocycles. The molecule has 0 aliphatic carbocycles. The van der Waals surface area contributed by atoms with E-state index in [0.29, 0.717) is 25.9 Å². The van der Waals surface area contributed by atoms with Gasteiger partial charge < -0.3 is 16.0 Å². The molecule has 2 atom stereocenters. The van der Waals surface area contributed by atoms with Crippen LogP contribution < -0.4 is 11.1 Å². The highest BCUT2D eigenvalue weighted by molar-refractivity contribution is 5.89. The standard InChI is InChI=1S/C16H21N3O2/c17-15(20)14-7-3-4-8-19(14)16(21)13-9-11-5-1-2-6-12(11)10-18-13/h1-2,5-6,13-14,18H,3-4,7-10H2,(H2,17,20)/t13-,14?/m1/s1. The van der Waals surface area contributed by atoms with Crippen molar-refractivity contribution in [2.45, 2.75) is 44.3 Å². The maximum atomic E-state index is 12.7. The third kappa shape index (κ3) is 2.78. The number of carbonyl (C=O) groups excluding carboxylic acids is 2. The lowest BCUT2D eigenvalue weighted by atomic mass is 9.93. The van der Waals surface area contributed by atoms with Crippen molar-refractivity contribution >= 4 is 11.8 Å². The van der Waals surface area contributed by atoms with Gasteiger partial charge in [0, 0.05) is 13.1 Å². The van der Waals surface area contributed by atoms with Crippen molar-refractivity contribution in [1.29, 1.82) is 0 Å². The van der Waals surface area contributed by atoms with E-state index < -0.39 is 6.04 Å². The number of primary amides is 1. The molecule has 0 spiro atoms. The lowest BCUT2D eigenvalue weighted by molar-refractivity contribution is -0.142. The number of nitrogens with one attached hydrogen (secondary N) is 1. The van der Waals surface area contributed by atoms with E-state index in [2.05, 4.69) is 17.4 Å². The second kappa shape index (κ2) is 5.85. The molecule has 0 radical (unpaired) electrons. The molecule has 5 heteroatoms. The number of piperidine rings is 1. The molecular formula is C16H21N3O2. The van der Waals surface area contributed by atoms with E-state index in [9.17, 15) is 9.59 Å². The molecule has 5 nitrogen and oxygen atoms in total. The number of rotatable bonds is 2. The van der Waals surface area contributed by atoms with E-state index in [1.54, 1.807) is 4.90 Å². The van der Waals surface area contributed by atoms with Crippen molar-refractivity contribution in [3.8, 4) is 0 Å². The average molecular weight is 287 g/mol. The van der Waals surface area contributed by atoms with Crippen LogP contribution in [0.4, 0.5) is 0 Å². The fourth-order valence-electron chi connectivity index (χ4n) is 3.32. The topological polar surface area (TPSA) is 75.4 Å². The molecule has 2 aliphatic heterocycles. The van der Waals surface area contributed by atoms with E-state index >= 15 is 0 Å². The summed E-state index contributed by atoms with van der Waals surface area (Å²) < 4.78 is 0. The average Bonchev–Trinajstić information content (AvgIpc) is 2.53. The number of hydrogen-bond donors (Lipinski definition) is 2. The molecule has 0 aromatic heterocycles. The van der Waals surface area contributed by atoms with Crippen molar-refractivity contribution in [3.63, 3.8) is 0 Å². The Morgan fingerprint density at radius 3 is 2.71 bits per heavy atom. The van der Waals surface area contributed by atoms with Gasteiger partial charge in [0.05, 0.1) is 6.04 Å². The summed E-state index contributed by atoms with van der Waals surface area (Å²) in [6, 6.07) is 7.47. The minimum absolute atomic E-state index is 0.00741. The first kappa shape index (κ1) is 14.1. The van der Waals surface area contributed by atoms with Gasteiger partial charge in [0.25, 0.3) is 0 Å². The van der Waals surface area contributed by atoms with Crippen molar-refractivity contribution in [1.82, 2.24) is 10.2 Å². The molecule has 1 fully saturated rings. The summed E-state index contributed by atoms with van der Waals surface area (Å²) in [7, 11) is 0. The van der Waals surface area contributed by atoms with E-state index in [0.717, 1.165) is 12.8 Å². The molecule has 3 rings (SSSR count). The summed E-state index contributed by atoms with van der Waals surface area (Å²) in [5.41, 5.74) is 7.90. The summed E-state index contributed by atoms with van der Waals surface area (Å²) in [5, 5.41) is 3.29. The summed E-state index contributed by atoms with van der Waals surface area (Å²) in [5.74, 6) is -0.382. The molecular weight excluding hydrogens is 266 g/mol.